The molecule has 24 heavy (non-hydrogen) atoms. The van der Waals surface area contributed by atoms with Gasteiger partial charge in [-0.3, -0.25) is 9.89 Å². The van der Waals surface area contributed by atoms with E-state index in [4.69, 9.17) is 0 Å². The molecule has 1 aliphatic heterocycles. The summed E-state index contributed by atoms with van der Waals surface area (Å²) < 4.78 is 25.4. The van der Waals surface area contributed by atoms with Gasteiger partial charge in [-0.1, -0.05) is 0 Å². The number of H-pyrrole nitrogens is 1. The quantitative estimate of drug-likeness (QED) is 0.899. The molecule has 1 N–H and O–H groups in total. The largest absolute Gasteiger partial charge is 0.347 e. The average molecular weight is 350 g/mol. The molecule has 130 valence electrons. The van der Waals surface area contributed by atoms with E-state index in [1.807, 2.05) is 34.8 Å². The van der Waals surface area contributed by atoms with Crippen molar-refractivity contribution in [3.05, 3.63) is 35.9 Å². The lowest BCUT2D eigenvalue weighted by molar-refractivity contribution is 0.0662. The summed E-state index contributed by atoms with van der Waals surface area (Å²) >= 11 is 0. The smallest absolute Gasteiger partial charge is 0.270 e. The van der Waals surface area contributed by atoms with Crippen molar-refractivity contribution in [1.29, 1.82) is 0 Å². The van der Waals surface area contributed by atoms with Crippen LogP contribution in [0.25, 0.3) is 0 Å². The van der Waals surface area contributed by atoms with Crippen molar-refractivity contribution in [2.75, 3.05) is 19.3 Å². The molecular weight excluding hydrogens is 328 g/mol. The van der Waals surface area contributed by atoms with Gasteiger partial charge < -0.3 is 9.47 Å². The Hall–Kier alpha value is -2.09. The maximum absolute atomic E-state index is 12.6. The minimum atomic E-state index is -3.29. The molecule has 1 atom stereocenters. The van der Waals surface area contributed by atoms with Gasteiger partial charge in [0, 0.05) is 32.6 Å². The van der Waals surface area contributed by atoms with Crippen molar-refractivity contribution < 1.29 is 13.2 Å². The molecule has 0 aliphatic carbocycles. The topological polar surface area (TPSA) is 88.1 Å². The summed E-state index contributed by atoms with van der Waals surface area (Å²) in [5.41, 5.74) is 1.31. The fraction of sp³-hybridized carbons (Fsp3) is 0.500. The van der Waals surface area contributed by atoms with Gasteiger partial charge in [-0.15, -0.1) is 0 Å². The number of amides is 1. The number of hydrogen-bond acceptors (Lipinski definition) is 4. The molecule has 2 aromatic rings. The number of rotatable bonds is 4. The van der Waals surface area contributed by atoms with E-state index in [1.54, 1.807) is 0 Å². The number of nitrogens with zero attached hydrogens (tertiary/aromatic N) is 3. The van der Waals surface area contributed by atoms with Crippen LogP contribution in [-0.4, -0.2) is 53.3 Å². The third-order valence-corrected chi connectivity index (χ3v) is 5.69. The summed E-state index contributed by atoms with van der Waals surface area (Å²) in [4.78, 5) is 14.8. The monoisotopic (exact) mass is 350 g/mol. The molecule has 1 saturated heterocycles. The van der Waals surface area contributed by atoms with Crippen LogP contribution in [-0.2, 0) is 23.3 Å². The second-order valence-electron chi connectivity index (χ2n) is 6.45. The number of aryl methyl sites for hydroxylation is 1. The second-order valence-corrected chi connectivity index (χ2v) is 8.44. The van der Waals surface area contributed by atoms with E-state index in [0.29, 0.717) is 24.4 Å². The summed E-state index contributed by atoms with van der Waals surface area (Å²) in [7, 11) is -1.43. The Labute approximate surface area is 141 Å². The van der Waals surface area contributed by atoms with Gasteiger partial charge in [0.25, 0.3) is 5.91 Å². The molecule has 0 radical (unpaired) electrons. The molecule has 2 aromatic heterocycles. The van der Waals surface area contributed by atoms with Gasteiger partial charge in [-0.2, -0.15) is 5.10 Å². The average Bonchev–Trinajstić information content (AvgIpc) is 3.15. The van der Waals surface area contributed by atoms with Crippen LogP contribution in [0.2, 0.25) is 0 Å². The molecule has 0 aromatic carbocycles. The zero-order valence-corrected chi connectivity index (χ0v) is 14.7. The molecule has 1 amide bonds. The number of likely N-dealkylation sites (tertiary alicyclic amines) is 1. The second kappa shape index (κ2) is 6.43. The molecule has 3 rings (SSSR count). The van der Waals surface area contributed by atoms with E-state index >= 15 is 0 Å². The Morgan fingerprint density at radius 3 is 2.92 bits per heavy atom. The molecule has 0 saturated carbocycles. The van der Waals surface area contributed by atoms with E-state index in [-0.39, 0.29) is 16.7 Å². The van der Waals surface area contributed by atoms with Crippen LogP contribution in [0.1, 0.15) is 29.0 Å². The Morgan fingerprint density at radius 1 is 1.46 bits per heavy atom. The summed E-state index contributed by atoms with van der Waals surface area (Å²) in [5, 5.41) is 6.68. The third-order valence-electron chi connectivity index (χ3n) is 4.54. The number of aromatic nitrogens is 3. The maximum atomic E-state index is 12.6. The molecule has 8 heteroatoms. The first-order chi connectivity index (χ1) is 11.4. The molecule has 0 spiro atoms. The van der Waals surface area contributed by atoms with Crippen LogP contribution in [0.15, 0.2) is 29.4 Å². The Morgan fingerprint density at radius 2 is 2.25 bits per heavy atom. The number of carbonyl (C=O) groups excluding carboxylic acids is 1. The van der Waals surface area contributed by atoms with E-state index in [0.717, 1.165) is 19.4 Å². The van der Waals surface area contributed by atoms with Gasteiger partial charge in [0.05, 0.1) is 11.9 Å². The summed E-state index contributed by atoms with van der Waals surface area (Å²) in [6.45, 7) is 1.37. The van der Waals surface area contributed by atoms with E-state index < -0.39 is 9.84 Å². The summed E-state index contributed by atoms with van der Waals surface area (Å²) in [6, 6.07) is 3.68. The molecule has 0 unspecified atom stereocenters. The van der Waals surface area contributed by atoms with Crippen LogP contribution in [0, 0.1) is 5.92 Å². The number of sulfone groups is 1. The lowest BCUT2D eigenvalue weighted by Crippen LogP contribution is -2.41. The standard InChI is InChI=1S/C16H22N4O3S/c1-19-7-4-6-14(19)16(21)20-8-3-5-12(11-20)9-13-15(10-17-18-13)24(2,22)23/h4,6-7,10,12H,3,5,8-9,11H2,1-2H3,(H,17,18)/t12-/m0/s1. The van der Waals surface area contributed by atoms with Gasteiger partial charge in [-0.25, -0.2) is 8.42 Å². The number of piperidine rings is 1. The zero-order chi connectivity index (χ0) is 17.3. The van der Waals surface area contributed by atoms with Crippen LogP contribution < -0.4 is 0 Å². The number of hydrogen-bond donors (Lipinski definition) is 1. The fourth-order valence-electron chi connectivity index (χ4n) is 3.32. The number of carbonyl (C=O) groups is 1. The van der Waals surface area contributed by atoms with Crippen LogP contribution in [0.4, 0.5) is 0 Å². The van der Waals surface area contributed by atoms with Gasteiger partial charge in [0.2, 0.25) is 0 Å². The van der Waals surface area contributed by atoms with Crippen molar-refractivity contribution in [2.24, 2.45) is 13.0 Å². The predicted octanol–water partition coefficient (Wildman–Crippen LogP) is 1.25. The normalized spacial score (nSPS) is 18.8. The molecular formula is C16H22N4O3S. The summed E-state index contributed by atoms with van der Waals surface area (Å²) in [5.74, 6) is 0.254. The minimum Gasteiger partial charge on any atom is -0.347 e. The molecule has 1 fully saturated rings. The SMILES string of the molecule is Cn1cccc1C(=O)N1CCC[C@@H](Cc2[nH]ncc2S(C)(=O)=O)C1. The summed E-state index contributed by atoms with van der Waals surface area (Å²) in [6.07, 6.45) is 6.88. The Bertz CT molecular complexity index is 837. The van der Waals surface area contributed by atoms with Gasteiger partial charge >= 0.3 is 0 Å². The Balaban J connectivity index is 1.72. The van der Waals surface area contributed by atoms with Crippen LogP contribution >= 0.6 is 0 Å². The minimum absolute atomic E-state index is 0.0279. The number of aromatic amines is 1. The van der Waals surface area contributed by atoms with Crippen molar-refractivity contribution in [3.63, 3.8) is 0 Å². The molecule has 0 bridgehead atoms. The molecule has 7 nitrogen and oxygen atoms in total. The highest BCUT2D eigenvalue weighted by atomic mass is 32.2. The lowest BCUT2D eigenvalue weighted by Gasteiger charge is -2.32. The van der Waals surface area contributed by atoms with Gasteiger partial charge in [-0.05, 0) is 37.3 Å². The van der Waals surface area contributed by atoms with Crippen molar-refractivity contribution in [1.82, 2.24) is 19.7 Å². The van der Waals surface area contributed by atoms with Crippen molar-refractivity contribution >= 4 is 15.7 Å². The number of nitrogens with one attached hydrogen (secondary N) is 1. The van der Waals surface area contributed by atoms with E-state index in [1.165, 1.54) is 12.5 Å². The Kier molecular flexibility index (Phi) is 4.49. The predicted molar refractivity (Wildman–Crippen MR) is 89.4 cm³/mol. The highest BCUT2D eigenvalue weighted by Crippen LogP contribution is 2.24. The molecule has 1 aliphatic rings. The zero-order valence-electron chi connectivity index (χ0n) is 13.9. The van der Waals surface area contributed by atoms with Crippen molar-refractivity contribution in [2.45, 2.75) is 24.2 Å². The van der Waals surface area contributed by atoms with Gasteiger partial charge in [0.15, 0.2) is 9.84 Å². The third kappa shape index (κ3) is 3.38. The fourth-order valence-corrected chi connectivity index (χ4v) is 4.14. The van der Waals surface area contributed by atoms with Crippen LogP contribution in [0.3, 0.4) is 0 Å². The first kappa shape index (κ1) is 16.8. The van der Waals surface area contributed by atoms with Crippen LogP contribution in [0.5, 0.6) is 0 Å². The van der Waals surface area contributed by atoms with E-state index in [2.05, 4.69) is 10.2 Å². The first-order valence-corrected chi connectivity index (χ1v) is 9.88. The molecule has 3 heterocycles. The highest BCUT2D eigenvalue weighted by Gasteiger charge is 2.27. The highest BCUT2D eigenvalue weighted by molar-refractivity contribution is 7.90. The van der Waals surface area contributed by atoms with E-state index in [9.17, 15) is 13.2 Å². The lowest BCUT2D eigenvalue weighted by atomic mass is 9.93. The van der Waals surface area contributed by atoms with Gasteiger partial charge in [0.1, 0.15) is 10.6 Å². The van der Waals surface area contributed by atoms with Crippen molar-refractivity contribution in [3.8, 4) is 0 Å². The maximum Gasteiger partial charge on any atom is 0.270 e. The first-order valence-electron chi connectivity index (χ1n) is 7.99.